The first-order valence-electron chi connectivity index (χ1n) is 6.30. The van der Waals surface area contributed by atoms with Crippen molar-refractivity contribution in [1.82, 2.24) is 14.4 Å². The number of fused-ring (bicyclic) bond motifs is 1. The van der Waals surface area contributed by atoms with Crippen molar-refractivity contribution in [2.24, 2.45) is 0 Å². The van der Waals surface area contributed by atoms with Gasteiger partial charge in [-0.15, -0.1) is 0 Å². The van der Waals surface area contributed by atoms with E-state index in [4.69, 9.17) is 4.74 Å². The Kier molecular flexibility index (Phi) is 3.23. The summed E-state index contributed by atoms with van der Waals surface area (Å²) in [6.45, 7) is 1.90. The minimum Gasteiger partial charge on any atom is -0.466 e. The van der Waals surface area contributed by atoms with Crippen molar-refractivity contribution in [2.75, 3.05) is 0 Å². The maximum absolute atomic E-state index is 11.0. The number of hydrogen-bond donors (Lipinski definition) is 0. The molecule has 0 amide bonds. The molecule has 0 atom stereocenters. The van der Waals surface area contributed by atoms with Crippen LogP contribution in [0.5, 0.6) is 5.88 Å². The summed E-state index contributed by atoms with van der Waals surface area (Å²) in [5.74, 6) is 0.0106. The van der Waals surface area contributed by atoms with Crippen molar-refractivity contribution in [1.29, 1.82) is 0 Å². The first kappa shape index (κ1) is 13.0. The number of ether oxygens (including phenoxy) is 1. The molecule has 0 spiro atoms. The third-order valence-electron chi connectivity index (χ3n) is 3.02. The average molecular weight is 284 g/mol. The smallest absolute Gasteiger partial charge is 0.331 e. The van der Waals surface area contributed by atoms with Gasteiger partial charge in [-0.3, -0.25) is 10.1 Å². The molecule has 3 aromatic rings. The van der Waals surface area contributed by atoms with E-state index >= 15 is 0 Å². The predicted octanol–water partition coefficient (Wildman–Crippen LogP) is 2.52. The molecule has 0 unspecified atom stereocenters. The van der Waals surface area contributed by atoms with E-state index in [1.165, 1.54) is 12.3 Å². The predicted molar refractivity (Wildman–Crippen MR) is 75.2 cm³/mol. The lowest BCUT2D eigenvalue weighted by Crippen LogP contribution is -2.03. The summed E-state index contributed by atoms with van der Waals surface area (Å²) >= 11 is 0. The van der Waals surface area contributed by atoms with Gasteiger partial charge in [0, 0.05) is 18.5 Å². The molecule has 7 nitrogen and oxygen atoms in total. The number of nitro groups is 1. The zero-order valence-electron chi connectivity index (χ0n) is 11.3. The molecule has 7 heteroatoms. The van der Waals surface area contributed by atoms with E-state index < -0.39 is 4.92 Å². The van der Waals surface area contributed by atoms with Gasteiger partial charge in [-0.2, -0.15) is 0 Å². The summed E-state index contributed by atoms with van der Waals surface area (Å²) in [5, 5.41) is 11.0. The van der Waals surface area contributed by atoms with E-state index in [1.807, 2.05) is 28.8 Å². The molecule has 0 aliphatic carbocycles. The van der Waals surface area contributed by atoms with Gasteiger partial charge in [-0.05, 0) is 24.6 Å². The minimum absolute atomic E-state index is 0.0106. The van der Waals surface area contributed by atoms with Crippen LogP contribution < -0.4 is 4.74 Å². The molecule has 0 bridgehead atoms. The maximum atomic E-state index is 11.0. The molecule has 0 aliphatic rings. The van der Waals surface area contributed by atoms with Crippen molar-refractivity contribution >= 4 is 11.3 Å². The summed E-state index contributed by atoms with van der Waals surface area (Å²) in [6.07, 6.45) is 5.07. The maximum Gasteiger partial charge on any atom is 0.331 e. The number of hydrogen-bond acceptors (Lipinski definition) is 5. The van der Waals surface area contributed by atoms with Crippen molar-refractivity contribution in [2.45, 2.75) is 13.5 Å². The van der Waals surface area contributed by atoms with Crippen LogP contribution in [0, 0.1) is 17.0 Å². The molecule has 3 rings (SSSR count). The van der Waals surface area contributed by atoms with Crippen LogP contribution in [0.2, 0.25) is 0 Å². The van der Waals surface area contributed by atoms with Crippen LogP contribution in [0.1, 0.15) is 11.3 Å². The second kappa shape index (κ2) is 5.20. The Balaban J connectivity index is 1.87. The molecule has 0 fully saturated rings. The molecule has 0 radical (unpaired) electrons. The molecule has 0 aliphatic heterocycles. The summed E-state index contributed by atoms with van der Waals surface area (Å²) in [5.41, 5.74) is 2.16. The fourth-order valence-corrected chi connectivity index (χ4v) is 2.02. The van der Waals surface area contributed by atoms with Gasteiger partial charge in [-0.1, -0.05) is 6.07 Å². The summed E-state index contributed by atoms with van der Waals surface area (Å²) in [6, 6.07) is 7.08. The molecule has 21 heavy (non-hydrogen) atoms. The third kappa shape index (κ3) is 2.53. The van der Waals surface area contributed by atoms with E-state index in [0.29, 0.717) is 5.56 Å². The second-order valence-corrected chi connectivity index (χ2v) is 4.56. The van der Waals surface area contributed by atoms with Crippen LogP contribution in [0.4, 0.5) is 5.69 Å². The van der Waals surface area contributed by atoms with Crippen LogP contribution in [0.15, 0.2) is 42.9 Å². The Hall–Kier alpha value is -2.96. The summed E-state index contributed by atoms with van der Waals surface area (Å²) < 4.78 is 7.35. The average Bonchev–Trinajstić information content (AvgIpc) is 2.89. The normalized spacial score (nSPS) is 10.7. The minimum atomic E-state index is -0.496. The van der Waals surface area contributed by atoms with Crippen molar-refractivity contribution < 1.29 is 9.66 Å². The molecule has 0 aromatic carbocycles. The van der Waals surface area contributed by atoms with E-state index in [1.54, 1.807) is 13.1 Å². The largest absolute Gasteiger partial charge is 0.466 e. The van der Waals surface area contributed by atoms with Gasteiger partial charge in [0.2, 0.25) is 0 Å². The fourth-order valence-electron chi connectivity index (χ4n) is 2.02. The lowest BCUT2D eigenvalue weighted by molar-refractivity contribution is -0.386. The van der Waals surface area contributed by atoms with Gasteiger partial charge in [0.1, 0.15) is 12.3 Å². The zero-order valence-corrected chi connectivity index (χ0v) is 11.3. The zero-order chi connectivity index (χ0) is 14.8. The van der Waals surface area contributed by atoms with Crippen LogP contribution in [0.25, 0.3) is 5.65 Å². The van der Waals surface area contributed by atoms with Crippen LogP contribution in [-0.4, -0.2) is 19.3 Å². The Morgan fingerprint density at radius 2 is 2.19 bits per heavy atom. The van der Waals surface area contributed by atoms with Crippen LogP contribution >= 0.6 is 0 Å². The highest BCUT2D eigenvalue weighted by Gasteiger charge is 2.17. The summed E-state index contributed by atoms with van der Waals surface area (Å²) in [7, 11) is 0. The van der Waals surface area contributed by atoms with Crippen LogP contribution in [0.3, 0.4) is 0 Å². The quantitative estimate of drug-likeness (QED) is 0.543. The van der Waals surface area contributed by atoms with Crippen molar-refractivity contribution in [3.05, 3.63) is 64.2 Å². The number of imidazole rings is 1. The van der Waals surface area contributed by atoms with Gasteiger partial charge in [0.25, 0.3) is 5.88 Å². The number of nitrogens with zero attached hydrogens (tertiary/aromatic N) is 4. The highest BCUT2D eigenvalue weighted by molar-refractivity contribution is 5.43. The van der Waals surface area contributed by atoms with E-state index in [2.05, 4.69) is 9.97 Å². The fraction of sp³-hybridized carbons (Fsp3) is 0.143. The first-order chi connectivity index (χ1) is 10.1. The highest BCUT2D eigenvalue weighted by atomic mass is 16.6. The van der Waals surface area contributed by atoms with Gasteiger partial charge >= 0.3 is 5.69 Å². The Bertz CT molecular complexity index is 813. The molecule has 0 N–H and O–H groups in total. The highest BCUT2D eigenvalue weighted by Crippen LogP contribution is 2.25. The van der Waals surface area contributed by atoms with Gasteiger partial charge in [0.05, 0.1) is 16.8 Å². The number of pyridine rings is 2. The third-order valence-corrected chi connectivity index (χ3v) is 3.02. The monoisotopic (exact) mass is 284 g/mol. The lowest BCUT2D eigenvalue weighted by atomic mass is 10.3. The standard InChI is InChI=1S/C14H12N4O3/c1-10-6-12(18(19)20)14(16-7-10)21-9-11-8-15-13-4-2-3-5-17(11)13/h2-8H,9H2,1H3. The Labute approximate surface area is 120 Å². The molecule has 106 valence electrons. The van der Waals surface area contributed by atoms with Gasteiger partial charge < -0.3 is 9.14 Å². The molecule has 0 saturated carbocycles. The molecular weight excluding hydrogens is 272 g/mol. The lowest BCUT2D eigenvalue weighted by Gasteiger charge is -2.06. The molecule has 3 heterocycles. The van der Waals surface area contributed by atoms with Gasteiger partial charge in [-0.25, -0.2) is 9.97 Å². The molecular formula is C14H12N4O3. The molecule has 0 saturated heterocycles. The Morgan fingerprint density at radius 3 is 3.00 bits per heavy atom. The Morgan fingerprint density at radius 1 is 1.33 bits per heavy atom. The van der Waals surface area contributed by atoms with Gasteiger partial charge in [0.15, 0.2) is 0 Å². The molecule has 3 aromatic heterocycles. The number of rotatable bonds is 4. The topological polar surface area (TPSA) is 82.6 Å². The second-order valence-electron chi connectivity index (χ2n) is 4.56. The SMILES string of the molecule is Cc1cnc(OCc2cnc3ccccn23)c([N+](=O)[O-])c1. The van der Waals surface area contributed by atoms with Crippen molar-refractivity contribution in [3.8, 4) is 5.88 Å². The van der Waals surface area contributed by atoms with E-state index in [0.717, 1.165) is 11.3 Å². The number of aryl methyl sites for hydroxylation is 1. The van der Waals surface area contributed by atoms with Crippen LogP contribution in [-0.2, 0) is 6.61 Å². The van der Waals surface area contributed by atoms with E-state index in [-0.39, 0.29) is 18.2 Å². The van der Waals surface area contributed by atoms with E-state index in [9.17, 15) is 10.1 Å². The van der Waals surface area contributed by atoms with Crippen molar-refractivity contribution in [3.63, 3.8) is 0 Å². The first-order valence-corrected chi connectivity index (χ1v) is 6.30. The summed E-state index contributed by atoms with van der Waals surface area (Å²) in [4.78, 5) is 18.7. The number of aromatic nitrogens is 3.